The Morgan fingerprint density at radius 1 is 1.28 bits per heavy atom. The fourth-order valence-electron chi connectivity index (χ4n) is 2.84. The Labute approximate surface area is 144 Å². The van der Waals surface area contributed by atoms with Crippen LogP contribution in [-0.4, -0.2) is 32.4 Å². The highest BCUT2D eigenvalue weighted by Crippen LogP contribution is 2.22. The summed E-state index contributed by atoms with van der Waals surface area (Å²) in [6, 6.07) is 9.27. The maximum absolute atomic E-state index is 12.7. The van der Waals surface area contributed by atoms with E-state index in [1.807, 2.05) is 48.9 Å². The van der Waals surface area contributed by atoms with Gasteiger partial charge in [-0.25, -0.2) is 0 Å². The molecule has 130 valence electrons. The van der Waals surface area contributed by atoms with Gasteiger partial charge in [0.2, 0.25) is 0 Å². The second-order valence-electron chi connectivity index (χ2n) is 5.85. The van der Waals surface area contributed by atoms with Crippen LogP contribution < -0.4 is 10.3 Å². The molecule has 2 aromatic heterocycles. The molecular formula is C18H19N3O4. The third-order valence-corrected chi connectivity index (χ3v) is 4.40. The van der Waals surface area contributed by atoms with Crippen LogP contribution in [0.4, 0.5) is 0 Å². The lowest BCUT2D eigenvalue weighted by molar-refractivity contribution is -0.136. The summed E-state index contributed by atoms with van der Waals surface area (Å²) in [5.74, 6) is -0.185. The Kier molecular flexibility index (Phi) is 4.31. The third kappa shape index (κ3) is 3.00. The van der Waals surface area contributed by atoms with Crippen LogP contribution in [0, 0.1) is 6.92 Å². The van der Waals surface area contributed by atoms with Crippen molar-refractivity contribution in [2.24, 2.45) is 7.05 Å². The van der Waals surface area contributed by atoms with Crippen LogP contribution in [0.25, 0.3) is 16.9 Å². The van der Waals surface area contributed by atoms with Gasteiger partial charge in [-0.05, 0) is 37.6 Å². The zero-order chi connectivity index (χ0) is 18.1. The number of aromatic nitrogens is 3. The lowest BCUT2D eigenvalue weighted by Crippen LogP contribution is -2.25. The Bertz CT molecular complexity index is 1000. The van der Waals surface area contributed by atoms with E-state index < -0.39 is 5.97 Å². The molecule has 1 aromatic carbocycles. The van der Waals surface area contributed by atoms with E-state index in [0.717, 1.165) is 17.0 Å². The number of benzene rings is 1. The van der Waals surface area contributed by atoms with E-state index in [1.54, 1.807) is 7.11 Å². The molecule has 7 nitrogen and oxygen atoms in total. The number of ether oxygens (including phenoxy) is 1. The van der Waals surface area contributed by atoms with Gasteiger partial charge in [0.15, 0.2) is 0 Å². The molecule has 0 atom stereocenters. The summed E-state index contributed by atoms with van der Waals surface area (Å²) in [5, 5.41) is 13.3. The second kappa shape index (κ2) is 6.43. The van der Waals surface area contributed by atoms with Gasteiger partial charge in [0.25, 0.3) is 5.56 Å². The first kappa shape index (κ1) is 16.8. The van der Waals surface area contributed by atoms with E-state index >= 15 is 0 Å². The molecule has 0 fully saturated rings. The lowest BCUT2D eigenvalue weighted by Gasteiger charge is -2.11. The highest BCUT2D eigenvalue weighted by Gasteiger charge is 2.16. The van der Waals surface area contributed by atoms with Crippen LogP contribution >= 0.6 is 0 Å². The van der Waals surface area contributed by atoms with E-state index in [4.69, 9.17) is 9.84 Å². The molecule has 0 aliphatic carbocycles. The van der Waals surface area contributed by atoms with Gasteiger partial charge >= 0.3 is 5.97 Å². The average Bonchev–Trinajstić information content (AvgIpc) is 3.05. The number of hydrogen-bond donors (Lipinski definition) is 1. The number of methoxy groups -OCH3 is 1. The highest BCUT2D eigenvalue weighted by molar-refractivity contribution is 5.67. The maximum Gasteiger partial charge on any atom is 0.303 e. The number of carboxylic acid groups (broad SMARTS) is 1. The Hall–Kier alpha value is -3.09. The first-order valence-electron chi connectivity index (χ1n) is 7.87. The van der Waals surface area contributed by atoms with E-state index in [9.17, 15) is 9.59 Å². The van der Waals surface area contributed by atoms with Crippen LogP contribution in [0.15, 0.2) is 35.1 Å². The molecule has 25 heavy (non-hydrogen) atoms. The minimum Gasteiger partial charge on any atom is -0.497 e. The number of aliphatic carboxylic acids is 1. The standard InChI is InChI=1S/C18H19N3O4/c1-11-14(8-9-17(22)23)18(24)21-16(20(11)2)10-15(19-21)12-4-6-13(25-3)7-5-12/h4-7,10H,8-9H2,1-3H3,(H,22,23). The smallest absolute Gasteiger partial charge is 0.303 e. The van der Waals surface area contributed by atoms with E-state index in [0.29, 0.717) is 16.9 Å². The molecule has 0 amide bonds. The lowest BCUT2D eigenvalue weighted by atomic mass is 10.1. The second-order valence-corrected chi connectivity index (χ2v) is 5.85. The van der Waals surface area contributed by atoms with Crippen molar-refractivity contribution in [2.45, 2.75) is 19.8 Å². The van der Waals surface area contributed by atoms with Gasteiger partial charge in [0.05, 0.1) is 12.8 Å². The molecule has 0 aliphatic heterocycles. The summed E-state index contributed by atoms with van der Waals surface area (Å²) in [5.41, 5.74) is 3.15. The van der Waals surface area contributed by atoms with Crippen molar-refractivity contribution >= 4 is 11.6 Å². The first-order valence-corrected chi connectivity index (χ1v) is 7.87. The van der Waals surface area contributed by atoms with Crippen molar-refractivity contribution < 1.29 is 14.6 Å². The summed E-state index contributed by atoms with van der Waals surface area (Å²) >= 11 is 0. The summed E-state index contributed by atoms with van der Waals surface area (Å²) in [6.45, 7) is 1.82. The quantitative estimate of drug-likeness (QED) is 0.767. The minimum absolute atomic E-state index is 0.0891. The predicted octanol–water partition coefficient (Wildman–Crippen LogP) is 2.03. The van der Waals surface area contributed by atoms with Crippen molar-refractivity contribution in [1.29, 1.82) is 0 Å². The average molecular weight is 341 g/mol. The van der Waals surface area contributed by atoms with Gasteiger partial charge in [0.1, 0.15) is 11.4 Å². The van der Waals surface area contributed by atoms with Gasteiger partial charge in [0, 0.05) is 36.4 Å². The number of aryl methyl sites for hydroxylation is 1. The van der Waals surface area contributed by atoms with E-state index in [1.165, 1.54) is 4.52 Å². The van der Waals surface area contributed by atoms with Gasteiger partial charge in [-0.3, -0.25) is 9.59 Å². The summed E-state index contributed by atoms with van der Waals surface area (Å²) in [6.07, 6.45) is 0.0930. The van der Waals surface area contributed by atoms with Crippen LogP contribution in [0.5, 0.6) is 5.75 Å². The monoisotopic (exact) mass is 341 g/mol. The van der Waals surface area contributed by atoms with Crippen LogP contribution in [0.2, 0.25) is 0 Å². The number of nitrogens with zero attached hydrogens (tertiary/aromatic N) is 3. The Balaban J connectivity index is 2.13. The first-order chi connectivity index (χ1) is 11.9. The van der Waals surface area contributed by atoms with Gasteiger partial charge in [-0.1, -0.05) is 0 Å². The molecule has 2 heterocycles. The number of carbonyl (C=O) groups is 1. The third-order valence-electron chi connectivity index (χ3n) is 4.40. The number of rotatable bonds is 5. The van der Waals surface area contributed by atoms with E-state index in [-0.39, 0.29) is 18.4 Å². The normalized spacial score (nSPS) is 11.0. The van der Waals surface area contributed by atoms with Crippen molar-refractivity contribution in [2.75, 3.05) is 7.11 Å². The summed E-state index contributed by atoms with van der Waals surface area (Å²) in [7, 11) is 3.44. The fraction of sp³-hybridized carbons (Fsp3) is 0.278. The molecule has 0 spiro atoms. The van der Waals surface area contributed by atoms with Crippen molar-refractivity contribution in [3.8, 4) is 17.0 Å². The largest absolute Gasteiger partial charge is 0.497 e. The van der Waals surface area contributed by atoms with Crippen LogP contribution in [0.3, 0.4) is 0 Å². The molecule has 0 saturated carbocycles. The summed E-state index contributed by atoms with van der Waals surface area (Å²) < 4.78 is 8.35. The SMILES string of the molecule is COc1ccc(-c2cc3n(C)c(C)c(CCC(=O)O)c(=O)n3n2)cc1. The molecule has 0 unspecified atom stereocenters. The molecular weight excluding hydrogens is 322 g/mol. The van der Waals surface area contributed by atoms with Gasteiger partial charge < -0.3 is 14.4 Å². The number of carboxylic acids is 1. The zero-order valence-corrected chi connectivity index (χ0v) is 14.3. The zero-order valence-electron chi connectivity index (χ0n) is 14.3. The number of hydrogen-bond acceptors (Lipinski definition) is 4. The fourth-order valence-corrected chi connectivity index (χ4v) is 2.84. The van der Waals surface area contributed by atoms with Crippen molar-refractivity contribution in [3.05, 3.63) is 51.9 Å². The van der Waals surface area contributed by atoms with Gasteiger partial charge in [-0.2, -0.15) is 9.61 Å². The summed E-state index contributed by atoms with van der Waals surface area (Å²) in [4.78, 5) is 23.6. The molecule has 3 rings (SSSR count). The van der Waals surface area contributed by atoms with Crippen LogP contribution in [0.1, 0.15) is 17.7 Å². The topological polar surface area (TPSA) is 85.8 Å². The molecule has 0 aliphatic rings. The van der Waals surface area contributed by atoms with Crippen molar-refractivity contribution in [1.82, 2.24) is 14.2 Å². The molecule has 0 radical (unpaired) electrons. The van der Waals surface area contributed by atoms with Gasteiger partial charge in [-0.15, -0.1) is 0 Å². The van der Waals surface area contributed by atoms with Crippen LogP contribution in [-0.2, 0) is 18.3 Å². The Morgan fingerprint density at radius 3 is 2.56 bits per heavy atom. The predicted molar refractivity (Wildman–Crippen MR) is 93.1 cm³/mol. The molecule has 7 heteroatoms. The van der Waals surface area contributed by atoms with Crippen molar-refractivity contribution in [3.63, 3.8) is 0 Å². The molecule has 3 aromatic rings. The Morgan fingerprint density at radius 2 is 1.96 bits per heavy atom. The molecule has 0 bridgehead atoms. The van der Waals surface area contributed by atoms with E-state index in [2.05, 4.69) is 5.10 Å². The highest BCUT2D eigenvalue weighted by atomic mass is 16.5. The maximum atomic E-state index is 12.7. The molecule has 0 saturated heterocycles. The molecule has 1 N–H and O–H groups in total. The number of fused-ring (bicyclic) bond motifs is 1. The minimum atomic E-state index is -0.930.